The molecule has 2 aromatic carbocycles. The van der Waals surface area contributed by atoms with E-state index in [1.165, 1.54) is 0 Å². The molecule has 2 aromatic rings. The molecule has 0 aromatic heterocycles. The van der Waals surface area contributed by atoms with Gasteiger partial charge in [0.2, 0.25) is 5.91 Å². The van der Waals surface area contributed by atoms with Crippen LogP contribution in [0.5, 0.6) is 0 Å². The van der Waals surface area contributed by atoms with E-state index in [2.05, 4.69) is 16.0 Å². The van der Waals surface area contributed by atoms with Gasteiger partial charge in [0.05, 0.1) is 0 Å². The molecule has 1 aliphatic rings. The van der Waals surface area contributed by atoms with Crippen molar-refractivity contribution in [3.8, 4) is 0 Å². The van der Waals surface area contributed by atoms with Gasteiger partial charge in [0.25, 0.3) is 5.91 Å². The highest BCUT2D eigenvalue weighted by atomic mass is 16.2. The Kier molecular flexibility index (Phi) is 5.14. The second-order valence-corrected chi connectivity index (χ2v) is 6.49. The summed E-state index contributed by atoms with van der Waals surface area (Å²) in [6.07, 6.45) is 0. The zero-order chi connectivity index (χ0) is 17.8. The summed E-state index contributed by atoms with van der Waals surface area (Å²) < 4.78 is 0. The van der Waals surface area contributed by atoms with E-state index in [-0.39, 0.29) is 17.7 Å². The second kappa shape index (κ2) is 7.49. The number of amides is 2. The van der Waals surface area contributed by atoms with E-state index < -0.39 is 0 Å². The number of benzene rings is 2. The molecule has 5 nitrogen and oxygen atoms in total. The Hall–Kier alpha value is -2.66. The molecule has 1 unspecified atom stereocenters. The van der Waals surface area contributed by atoms with Gasteiger partial charge in [-0.15, -0.1) is 0 Å². The average Bonchev–Trinajstić information content (AvgIpc) is 2.57. The van der Waals surface area contributed by atoms with Crippen molar-refractivity contribution in [1.29, 1.82) is 0 Å². The summed E-state index contributed by atoms with van der Waals surface area (Å²) in [7, 11) is 0. The molecular formula is C20H23N3O2. The van der Waals surface area contributed by atoms with Gasteiger partial charge in [0.1, 0.15) is 0 Å². The third kappa shape index (κ3) is 3.88. The zero-order valence-electron chi connectivity index (χ0n) is 14.5. The molecule has 0 spiro atoms. The fraction of sp³-hybridized carbons (Fsp3) is 0.300. The number of hydrogen-bond donors (Lipinski definition) is 3. The second-order valence-electron chi connectivity index (χ2n) is 6.49. The number of carbonyl (C=O) groups is 2. The first-order valence-corrected chi connectivity index (χ1v) is 8.54. The lowest BCUT2D eigenvalue weighted by Crippen LogP contribution is -2.48. The lowest BCUT2D eigenvalue weighted by atomic mass is 9.88. The normalized spacial score (nSPS) is 15.1. The average molecular weight is 337 g/mol. The lowest BCUT2D eigenvalue weighted by molar-refractivity contribution is -0.121. The molecule has 0 saturated carbocycles. The van der Waals surface area contributed by atoms with Crippen LogP contribution in [0.3, 0.4) is 0 Å². The smallest absolute Gasteiger partial charge is 0.255 e. The van der Waals surface area contributed by atoms with Crippen LogP contribution in [0.15, 0.2) is 48.5 Å². The number of rotatable bonds is 5. The van der Waals surface area contributed by atoms with Gasteiger partial charge in [-0.3, -0.25) is 9.59 Å². The van der Waals surface area contributed by atoms with Gasteiger partial charge in [0, 0.05) is 22.9 Å². The molecule has 25 heavy (non-hydrogen) atoms. The van der Waals surface area contributed by atoms with Crippen molar-refractivity contribution >= 4 is 23.2 Å². The van der Waals surface area contributed by atoms with Gasteiger partial charge >= 0.3 is 0 Å². The first kappa shape index (κ1) is 17.2. The van der Waals surface area contributed by atoms with Crippen LogP contribution in [-0.2, 0) is 4.79 Å². The fourth-order valence-corrected chi connectivity index (χ4v) is 2.82. The minimum absolute atomic E-state index is 0.0149. The standard InChI is InChI=1S/C20H23N3O2/c1-13(16-11-21-12-16)19(24)22-17-9-6-10-18(14(17)2)23-20(25)15-7-4-3-5-8-15/h3-10,13,16,21H,11-12H2,1-2H3,(H,22,24)(H,23,25). The van der Waals surface area contributed by atoms with Gasteiger partial charge in [-0.2, -0.15) is 0 Å². The largest absolute Gasteiger partial charge is 0.326 e. The van der Waals surface area contributed by atoms with Gasteiger partial charge in [-0.1, -0.05) is 31.2 Å². The van der Waals surface area contributed by atoms with Crippen LogP contribution in [0, 0.1) is 18.8 Å². The number of hydrogen-bond acceptors (Lipinski definition) is 3. The molecule has 1 atom stereocenters. The highest BCUT2D eigenvalue weighted by molar-refractivity contribution is 6.05. The van der Waals surface area contributed by atoms with Gasteiger partial charge in [-0.25, -0.2) is 0 Å². The maximum Gasteiger partial charge on any atom is 0.255 e. The Labute approximate surface area is 147 Å². The summed E-state index contributed by atoms with van der Waals surface area (Å²) in [6.45, 7) is 5.63. The van der Waals surface area contributed by atoms with E-state index in [1.54, 1.807) is 12.1 Å². The third-order valence-electron chi connectivity index (χ3n) is 4.81. The SMILES string of the molecule is Cc1c(NC(=O)c2ccccc2)cccc1NC(=O)C(C)C1CNC1. The van der Waals surface area contributed by atoms with E-state index >= 15 is 0 Å². The molecule has 5 heteroatoms. The molecule has 130 valence electrons. The predicted octanol–water partition coefficient (Wildman–Crippen LogP) is 3.04. The van der Waals surface area contributed by atoms with E-state index in [9.17, 15) is 9.59 Å². The highest BCUT2D eigenvalue weighted by Gasteiger charge is 2.28. The van der Waals surface area contributed by atoms with Crippen molar-refractivity contribution in [1.82, 2.24) is 5.32 Å². The van der Waals surface area contributed by atoms with E-state index in [4.69, 9.17) is 0 Å². The molecule has 0 aliphatic carbocycles. The van der Waals surface area contributed by atoms with Crippen LogP contribution < -0.4 is 16.0 Å². The summed E-state index contributed by atoms with van der Waals surface area (Å²) in [5.41, 5.74) is 2.88. The van der Waals surface area contributed by atoms with Crippen LogP contribution in [0.4, 0.5) is 11.4 Å². The lowest BCUT2D eigenvalue weighted by Gasteiger charge is -2.31. The molecule has 3 rings (SSSR count). The van der Waals surface area contributed by atoms with Crippen molar-refractivity contribution < 1.29 is 9.59 Å². The van der Waals surface area contributed by atoms with Crippen molar-refractivity contribution in [2.24, 2.45) is 11.8 Å². The van der Waals surface area contributed by atoms with Crippen LogP contribution in [0.2, 0.25) is 0 Å². The van der Waals surface area contributed by atoms with Crippen LogP contribution in [-0.4, -0.2) is 24.9 Å². The van der Waals surface area contributed by atoms with Crippen molar-refractivity contribution in [2.75, 3.05) is 23.7 Å². The van der Waals surface area contributed by atoms with Crippen LogP contribution >= 0.6 is 0 Å². The minimum Gasteiger partial charge on any atom is -0.326 e. The van der Waals surface area contributed by atoms with Gasteiger partial charge in [0.15, 0.2) is 0 Å². The Morgan fingerprint density at radius 2 is 1.64 bits per heavy atom. The third-order valence-corrected chi connectivity index (χ3v) is 4.81. The van der Waals surface area contributed by atoms with E-state index in [0.717, 1.165) is 24.3 Å². The summed E-state index contributed by atoms with van der Waals surface area (Å²) in [6, 6.07) is 14.6. The van der Waals surface area contributed by atoms with Crippen molar-refractivity contribution in [2.45, 2.75) is 13.8 Å². The van der Waals surface area contributed by atoms with Crippen LogP contribution in [0.1, 0.15) is 22.8 Å². The van der Waals surface area contributed by atoms with E-state index in [0.29, 0.717) is 17.2 Å². The monoisotopic (exact) mass is 337 g/mol. The predicted molar refractivity (Wildman–Crippen MR) is 99.7 cm³/mol. The quantitative estimate of drug-likeness (QED) is 0.785. The summed E-state index contributed by atoms with van der Waals surface area (Å²) in [5, 5.41) is 9.10. The zero-order valence-corrected chi connectivity index (χ0v) is 14.5. The van der Waals surface area contributed by atoms with Crippen LogP contribution in [0.25, 0.3) is 0 Å². The fourth-order valence-electron chi connectivity index (χ4n) is 2.82. The molecule has 1 fully saturated rings. The van der Waals surface area contributed by atoms with Gasteiger partial charge in [-0.05, 0) is 55.8 Å². The number of nitrogens with one attached hydrogen (secondary N) is 3. The maximum absolute atomic E-state index is 12.4. The summed E-state index contributed by atoms with van der Waals surface area (Å²) >= 11 is 0. The molecule has 3 N–H and O–H groups in total. The Morgan fingerprint density at radius 3 is 2.24 bits per heavy atom. The number of anilines is 2. The molecule has 2 amide bonds. The topological polar surface area (TPSA) is 70.2 Å². The Bertz CT molecular complexity index is 770. The molecule has 1 saturated heterocycles. The van der Waals surface area contributed by atoms with Crippen molar-refractivity contribution in [3.05, 3.63) is 59.7 Å². The first-order valence-electron chi connectivity index (χ1n) is 8.54. The van der Waals surface area contributed by atoms with Crippen molar-refractivity contribution in [3.63, 3.8) is 0 Å². The highest BCUT2D eigenvalue weighted by Crippen LogP contribution is 2.25. The summed E-state index contributed by atoms with van der Waals surface area (Å²) in [4.78, 5) is 24.8. The molecule has 1 aliphatic heterocycles. The minimum atomic E-state index is -0.166. The summed E-state index contributed by atoms with van der Waals surface area (Å²) in [5.74, 6) is 0.201. The Morgan fingerprint density at radius 1 is 1.00 bits per heavy atom. The number of carbonyl (C=O) groups excluding carboxylic acids is 2. The molecular weight excluding hydrogens is 314 g/mol. The molecule has 0 radical (unpaired) electrons. The first-order chi connectivity index (χ1) is 12.1. The Balaban J connectivity index is 1.71. The molecule has 0 bridgehead atoms. The maximum atomic E-state index is 12.4. The molecule has 1 heterocycles. The van der Waals surface area contributed by atoms with Gasteiger partial charge < -0.3 is 16.0 Å². The van der Waals surface area contributed by atoms with E-state index in [1.807, 2.05) is 50.2 Å².